The molecule has 0 bridgehead atoms. The van der Waals surface area contributed by atoms with Gasteiger partial charge >= 0.3 is 0 Å². The number of nitrogens with one attached hydrogen (secondary N) is 1. The van der Waals surface area contributed by atoms with Crippen molar-refractivity contribution < 1.29 is 0 Å². The second-order valence-electron chi connectivity index (χ2n) is 6.69. The predicted octanol–water partition coefficient (Wildman–Crippen LogP) is 2.42. The van der Waals surface area contributed by atoms with Crippen LogP contribution in [0.3, 0.4) is 0 Å². The highest BCUT2D eigenvalue weighted by atomic mass is 15.2. The van der Waals surface area contributed by atoms with E-state index in [2.05, 4.69) is 29.5 Å². The van der Waals surface area contributed by atoms with Gasteiger partial charge in [-0.05, 0) is 60.8 Å². The third kappa shape index (κ3) is 1.71. The molecule has 1 N–H and O–H groups in total. The van der Waals surface area contributed by atoms with Crippen LogP contribution in [0, 0.1) is 18.3 Å². The summed E-state index contributed by atoms with van der Waals surface area (Å²) in [6, 6.07) is 4.64. The summed E-state index contributed by atoms with van der Waals surface area (Å²) in [5.74, 6) is 0.895. The molecule has 1 saturated carbocycles. The maximum Gasteiger partial charge on any atom is 0.0681 e. The molecule has 1 saturated heterocycles. The maximum atomic E-state index is 4.35. The highest BCUT2D eigenvalue weighted by molar-refractivity contribution is 5.80. The fourth-order valence-corrected chi connectivity index (χ4v) is 3.96. The van der Waals surface area contributed by atoms with Crippen molar-refractivity contribution in [1.29, 1.82) is 0 Å². The van der Waals surface area contributed by atoms with Crippen molar-refractivity contribution in [2.45, 2.75) is 26.2 Å². The Bertz CT molecular complexity index is 629. The Kier molecular flexibility index (Phi) is 2.31. The summed E-state index contributed by atoms with van der Waals surface area (Å²) in [5, 5.41) is 9.02. The lowest BCUT2D eigenvalue weighted by Crippen LogP contribution is -2.60. The number of aromatic nitrogens is 2. The minimum atomic E-state index is 0.690. The molecule has 1 aromatic carbocycles. The van der Waals surface area contributed by atoms with Gasteiger partial charge in [-0.3, -0.25) is 4.68 Å². The molecule has 0 unspecified atom stereocenters. The first-order valence-electron chi connectivity index (χ1n) is 7.27. The van der Waals surface area contributed by atoms with Gasteiger partial charge in [0.25, 0.3) is 0 Å². The molecule has 100 valence electrons. The molecule has 2 aromatic rings. The van der Waals surface area contributed by atoms with Gasteiger partial charge in [-0.1, -0.05) is 0 Å². The lowest BCUT2D eigenvalue weighted by Gasteiger charge is -2.54. The van der Waals surface area contributed by atoms with E-state index in [-0.39, 0.29) is 0 Å². The van der Waals surface area contributed by atoms with E-state index in [4.69, 9.17) is 0 Å². The van der Waals surface area contributed by atoms with Gasteiger partial charge in [0, 0.05) is 25.5 Å². The Morgan fingerprint density at radius 1 is 1.37 bits per heavy atom. The van der Waals surface area contributed by atoms with Crippen LogP contribution in [0.5, 0.6) is 0 Å². The Morgan fingerprint density at radius 2 is 2.16 bits per heavy atom. The van der Waals surface area contributed by atoms with Crippen LogP contribution in [-0.2, 0) is 13.5 Å². The lowest BCUT2D eigenvalue weighted by molar-refractivity contribution is 0.000844. The topological polar surface area (TPSA) is 29.9 Å². The smallest absolute Gasteiger partial charge is 0.0681 e. The molecule has 3 nitrogen and oxygen atoms in total. The molecule has 0 radical (unpaired) electrons. The summed E-state index contributed by atoms with van der Waals surface area (Å²) in [6.45, 7) is 4.74. The summed E-state index contributed by atoms with van der Waals surface area (Å²) in [6.07, 6.45) is 6.05. The summed E-state index contributed by atoms with van der Waals surface area (Å²) >= 11 is 0. The number of nitrogens with zero attached hydrogens (tertiary/aromatic N) is 2. The van der Waals surface area contributed by atoms with Crippen LogP contribution in [0.15, 0.2) is 18.3 Å². The number of hydrogen-bond donors (Lipinski definition) is 1. The number of rotatable bonds is 2. The lowest BCUT2D eigenvalue weighted by atomic mass is 9.57. The van der Waals surface area contributed by atoms with E-state index in [9.17, 15) is 0 Å². The molecule has 19 heavy (non-hydrogen) atoms. The molecule has 2 heterocycles. The maximum absolute atomic E-state index is 4.35. The highest BCUT2D eigenvalue weighted by Gasteiger charge is 2.47. The first-order valence-corrected chi connectivity index (χ1v) is 7.27. The molecule has 3 heteroatoms. The Morgan fingerprint density at radius 3 is 2.84 bits per heavy atom. The van der Waals surface area contributed by atoms with Crippen molar-refractivity contribution in [2.24, 2.45) is 18.4 Å². The summed E-state index contributed by atoms with van der Waals surface area (Å²) in [5.41, 5.74) is 4.89. The standard InChI is InChI=1S/C16H21N3/c1-11-3-14-8-18-19(2)15(14)5-13(11)4-12-6-16(7-12)9-17-10-16/h3,5,8,12,17H,4,6-7,9-10H2,1-2H3. The van der Waals surface area contributed by atoms with E-state index in [0.29, 0.717) is 5.41 Å². The Balaban J connectivity index is 1.57. The monoisotopic (exact) mass is 255 g/mol. The summed E-state index contributed by atoms with van der Waals surface area (Å²) in [7, 11) is 2.03. The van der Waals surface area contributed by atoms with Crippen molar-refractivity contribution in [3.63, 3.8) is 0 Å². The van der Waals surface area contributed by atoms with Crippen LogP contribution < -0.4 is 5.32 Å². The highest BCUT2D eigenvalue weighted by Crippen LogP contribution is 2.49. The van der Waals surface area contributed by atoms with Gasteiger partial charge < -0.3 is 5.32 Å². The summed E-state index contributed by atoms with van der Waals surface area (Å²) < 4.78 is 1.98. The van der Waals surface area contributed by atoms with E-state index in [1.165, 1.54) is 54.4 Å². The normalized spacial score (nSPS) is 21.6. The quantitative estimate of drug-likeness (QED) is 0.893. The van der Waals surface area contributed by atoms with Crippen molar-refractivity contribution in [1.82, 2.24) is 15.1 Å². The van der Waals surface area contributed by atoms with Crippen LogP contribution in [0.1, 0.15) is 24.0 Å². The zero-order valence-corrected chi connectivity index (χ0v) is 11.7. The molecular formula is C16H21N3. The molecule has 2 fully saturated rings. The number of aryl methyl sites for hydroxylation is 2. The second-order valence-corrected chi connectivity index (χ2v) is 6.69. The van der Waals surface area contributed by atoms with Crippen molar-refractivity contribution >= 4 is 10.9 Å². The van der Waals surface area contributed by atoms with Gasteiger partial charge in [0.15, 0.2) is 0 Å². The van der Waals surface area contributed by atoms with Gasteiger partial charge in [0.1, 0.15) is 0 Å². The third-order valence-electron chi connectivity index (χ3n) is 5.16. The van der Waals surface area contributed by atoms with Gasteiger partial charge in [0.05, 0.1) is 11.7 Å². The number of hydrogen-bond acceptors (Lipinski definition) is 2. The van der Waals surface area contributed by atoms with Crippen LogP contribution in [0.25, 0.3) is 10.9 Å². The van der Waals surface area contributed by atoms with Crippen LogP contribution >= 0.6 is 0 Å². The van der Waals surface area contributed by atoms with Crippen molar-refractivity contribution in [2.75, 3.05) is 13.1 Å². The van der Waals surface area contributed by atoms with Crippen molar-refractivity contribution in [3.8, 4) is 0 Å². The first-order chi connectivity index (χ1) is 9.15. The first kappa shape index (κ1) is 11.5. The molecule has 1 aliphatic carbocycles. The zero-order valence-electron chi connectivity index (χ0n) is 11.7. The van der Waals surface area contributed by atoms with E-state index >= 15 is 0 Å². The average molecular weight is 255 g/mol. The van der Waals surface area contributed by atoms with Crippen LogP contribution in [0.2, 0.25) is 0 Å². The third-order valence-corrected chi connectivity index (χ3v) is 5.16. The second kappa shape index (κ2) is 3.83. The SMILES string of the molecule is Cc1cc2cnn(C)c2cc1CC1CC2(CNC2)C1. The van der Waals surface area contributed by atoms with E-state index in [1.807, 2.05) is 17.9 Å². The van der Waals surface area contributed by atoms with Gasteiger partial charge in [0.2, 0.25) is 0 Å². The molecule has 1 aliphatic heterocycles. The Labute approximate surface area is 114 Å². The molecule has 4 rings (SSSR count). The minimum Gasteiger partial charge on any atom is -0.316 e. The Hall–Kier alpha value is -1.35. The molecule has 0 amide bonds. The molecule has 1 aromatic heterocycles. The zero-order chi connectivity index (χ0) is 13.0. The fourth-order valence-electron chi connectivity index (χ4n) is 3.96. The molecule has 1 spiro atoms. The molecule has 2 aliphatic rings. The minimum absolute atomic E-state index is 0.690. The van der Waals surface area contributed by atoms with Crippen molar-refractivity contribution in [3.05, 3.63) is 29.5 Å². The molecule has 0 atom stereocenters. The average Bonchev–Trinajstić information content (AvgIpc) is 2.62. The number of benzene rings is 1. The predicted molar refractivity (Wildman–Crippen MR) is 77.2 cm³/mol. The van der Waals surface area contributed by atoms with E-state index < -0.39 is 0 Å². The largest absolute Gasteiger partial charge is 0.316 e. The van der Waals surface area contributed by atoms with E-state index in [1.54, 1.807) is 0 Å². The van der Waals surface area contributed by atoms with Crippen LogP contribution in [0.4, 0.5) is 0 Å². The molecular weight excluding hydrogens is 234 g/mol. The van der Waals surface area contributed by atoms with Gasteiger partial charge in [-0.25, -0.2) is 0 Å². The number of fused-ring (bicyclic) bond motifs is 1. The summed E-state index contributed by atoms with van der Waals surface area (Å²) in [4.78, 5) is 0. The van der Waals surface area contributed by atoms with Gasteiger partial charge in [-0.2, -0.15) is 5.10 Å². The van der Waals surface area contributed by atoms with E-state index in [0.717, 1.165) is 5.92 Å². The fraction of sp³-hybridized carbons (Fsp3) is 0.562. The van der Waals surface area contributed by atoms with Crippen LogP contribution in [-0.4, -0.2) is 22.9 Å². The van der Waals surface area contributed by atoms with Gasteiger partial charge in [-0.15, -0.1) is 0 Å².